The average Bonchev–Trinajstić information content (AvgIpc) is 2.82. The van der Waals surface area contributed by atoms with Crippen LogP contribution in [0.2, 0.25) is 0 Å². The van der Waals surface area contributed by atoms with Crippen LogP contribution in [0.15, 0.2) is 30.6 Å². The molecule has 0 aliphatic carbocycles. The monoisotopic (exact) mass is 339 g/mol. The number of pyridine rings is 1. The first-order chi connectivity index (χ1) is 11.1. The minimum Gasteiger partial charge on any atom is -0.367 e. The highest BCUT2D eigenvalue weighted by Crippen LogP contribution is 2.41. The van der Waals surface area contributed by atoms with E-state index in [1.165, 1.54) is 16.8 Å². The number of nitrogen functional groups attached to an aromatic ring is 1. The molecule has 126 valence electrons. The molecule has 0 saturated heterocycles. The summed E-state index contributed by atoms with van der Waals surface area (Å²) in [5.41, 5.74) is 2.63. The van der Waals surface area contributed by atoms with Gasteiger partial charge in [-0.25, -0.2) is 18.3 Å². The van der Waals surface area contributed by atoms with Gasteiger partial charge in [0, 0.05) is 17.8 Å². The van der Waals surface area contributed by atoms with E-state index in [0.717, 1.165) is 32.2 Å². The Balaban J connectivity index is 2.08. The second-order valence-corrected chi connectivity index (χ2v) is 5.77. The molecule has 0 spiro atoms. The standard InChI is InChI=1S/C15H13F4N5/c1-14(2,17)15(18,19)8-3-4-10(21-6-8)11-5-9(16)12-7-22-13(20)23-24(11)12/h3-7H,1-2H3,(H2,20,23). The number of hydrogen-bond donors (Lipinski definition) is 1. The minimum absolute atomic E-state index is 0.0697. The highest BCUT2D eigenvalue weighted by atomic mass is 19.3. The summed E-state index contributed by atoms with van der Waals surface area (Å²) in [6.45, 7) is 1.58. The zero-order valence-electron chi connectivity index (χ0n) is 12.8. The van der Waals surface area contributed by atoms with Gasteiger partial charge in [-0.15, -0.1) is 5.10 Å². The van der Waals surface area contributed by atoms with Gasteiger partial charge in [0.15, 0.2) is 11.5 Å². The second kappa shape index (κ2) is 5.15. The Bertz CT molecular complexity index is 897. The van der Waals surface area contributed by atoms with E-state index in [-0.39, 0.29) is 22.9 Å². The molecule has 0 amide bonds. The Morgan fingerprint density at radius 3 is 2.38 bits per heavy atom. The first-order valence-electron chi connectivity index (χ1n) is 6.94. The Morgan fingerprint density at radius 1 is 1.08 bits per heavy atom. The molecule has 3 heterocycles. The second-order valence-electron chi connectivity index (χ2n) is 5.77. The number of alkyl halides is 3. The fraction of sp³-hybridized carbons (Fsp3) is 0.267. The minimum atomic E-state index is -3.71. The summed E-state index contributed by atoms with van der Waals surface area (Å²) in [7, 11) is 0. The van der Waals surface area contributed by atoms with Crippen LogP contribution in [0.5, 0.6) is 0 Å². The van der Waals surface area contributed by atoms with Gasteiger partial charge in [-0.3, -0.25) is 4.98 Å². The van der Waals surface area contributed by atoms with Crippen LogP contribution in [0.1, 0.15) is 19.4 Å². The predicted octanol–water partition coefficient (Wildman–Crippen LogP) is 3.35. The van der Waals surface area contributed by atoms with Crippen LogP contribution in [0.3, 0.4) is 0 Å². The van der Waals surface area contributed by atoms with Gasteiger partial charge in [0.2, 0.25) is 5.95 Å². The van der Waals surface area contributed by atoms with Gasteiger partial charge in [-0.1, -0.05) is 0 Å². The summed E-state index contributed by atoms with van der Waals surface area (Å²) >= 11 is 0. The lowest BCUT2D eigenvalue weighted by Gasteiger charge is -2.26. The lowest BCUT2D eigenvalue weighted by atomic mass is 9.96. The molecule has 0 bridgehead atoms. The van der Waals surface area contributed by atoms with E-state index in [1.54, 1.807) is 0 Å². The third-order valence-corrected chi connectivity index (χ3v) is 3.62. The molecule has 3 aromatic heterocycles. The molecule has 0 fully saturated rings. The van der Waals surface area contributed by atoms with Crippen LogP contribution in [0, 0.1) is 5.82 Å². The summed E-state index contributed by atoms with van der Waals surface area (Å²) in [6.07, 6.45) is 2.06. The van der Waals surface area contributed by atoms with Crippen molar-refractivity contribution in [3.8, 4) is 11.4 Å². The molecule has 5 nitrogen and oxygen atoms in total. The van der Waals surface area contributed by atoms with Crippen LogP contribution < -0.4 is 5.73 Å². The van der Waals surface area contributed by atoms with Gasteiger partial charge < -0.3 is 5.73 Å². The molecule has 3 rings (SSSR count). The molecule has 0 saturated carbocycles. The summed E-state index contributed by atoms with van der Waals surface area (Å²) in [4.78, 5) is 7.58. The highest BCUT2D eigenvalue weighted by Gasteiger charge is 2.49. The first-order valence-corrected chi connectivity index (χ1v) is 6.94. The van der Waals surface area contributed by atoms with E-state index in [0.29, 0.717) is 0 Å². The van der Waals surface area contributed by atoms with Crippen molar-refractivity contribution in [1.29, 1.82) is 0 Å². The fourth-order valence-corrected chi connectivity index (χ4v) is 2.22. The maximum absolute atomic E-state index is 14.0. The molecule has 9 heteroatoms. The number of aromatic nitrogens is 4. The maximum atomic E-state index is 14.0. The van der Waals surface area contributed by atoms with E-state index >= 15 is 0 Å². The number of hydrogen-bond acceptors (Lipinski definition) is 4. The quantitative estimate of drug-likeness (QED) is 0.743. The van der Waals surface area contributed by atoms with Gasteiger partial charge in [-0.05, 0) is 26.0 Å². The topological polar surface area (TPSA) is 69.1 Å². The summed E-state index contributed by atoms with van der Waals surface area (Å²) in [6, 6.07) is 3.43. The van der Waals surface area contributed by atoms with Crippen LogP contribution >= 0.6 is 0 Å². The zero-order chi connectivity index (χ0) is 17.7. The number of fused-ring (bicyclic) bond motifs is 1. The molecule has 0 aliphatic heterocycles. The molecule has 0 unspecified atom stereocenters. The molecule has 0 atom stereocenters. The third kappa shape index (κ3) is 2.45. The molecular formula is C15H13F4N5. The number of anilines is 1. The fourth-order valence-electron chi connectivity index (χ4n) is 2.22. The number of halogens is 4. The van der Waals surface area contributed by atoms with Gasteiger partial charge >= 0.3 is 5.92 Å². The highest BCUT2D eigenvalue weighted by molar-refractivity contribution is 5.64. The van der Waals surface area contributed by atoms with Gasteiger partial charge in [-0.2, -0.15) is 8.78 Å². The molecular weight excluding hydrogens is 326 g/mol. The van der Waals surface area contributed by atoms with Crippen LogP contribution in [0.4, 0.5) is 23.5 Å². The SMILES string of the molecule is CC(C)(F)C(F)(F)c1ccc(-c2cc(F)c3cnc(N)nn23)nc1. The maximum Gasteiger partial charge on any atom is 0.307 e. The normalized spacial score (nSPS) is 12.8. The Hall–Kier alpha value is -2.71. The molecule has 0 aliphatic rings. The Labute approximate surface area is 134 Å². The smallest absolute Gasteiger partial charge is 0.307 e. The van der Waals surface area contributed by atoms with Crippen molar-refractivity contribution in [2.24, 2.45) is 0 Å². The Morgan fingerprint density at radius 2 is 1.79 bits per heavy atom. The van der Waals surface area contributed by atoms with Gasteiger partial charge in [0.1, 0.15) is 5.52 Å². The van der Waals surface area contributed by atoms with E-state index < -0.39 is 23.0 Å². The van der Waals surface area contributed by atoms with E-state index in [1.807, 2.05) is 0 Å². The van der Waals surface area contributed by atoms with E-state index in [9.17, 15) is 17.6 Å². The van der Waals surface area contributed by atoms with Crippen molar-refractivity contribution in [3.63, 3.8) is 0 Å². The molecule has 0 radical (unpaired) electrons. The van der Waals surface area contributed by atoms with Crippen molar-refractivity contribution >= 4 is 11.5 Å². The molecule has 2 N–H and O–H groups in total. The van der Waals surface area contributed by atoms with Gasteiger partial charge in [0.25, 0.3) is 0 Å². The summed E-state index contributed by atoms with van der Waals surface area (Å²) < 4.78 is 56.7. The van der Waals surface area contributed by atoms with Crippen molar-refractivity contribution < 1.29 is 17.6 Å². The lowest BCUT2D eigenvalue weighted by Crippen LogP contribution is -2.36. The largest absolute Gasteiger partial charge is 0.367 e. The van der Waals surface area contributed by atoms with Crippen LogP contribution in [-0.2, 0) is 5.92 Å². The van der Waals surface area contributed by atoms with E-state index in [2.05, 4.69) is 15.1 Å². The predicted molar refractivity (Wildman–Crippen MR) is 79.7 cm³/mol. The summed E-state index contributed by atoms with van der Waals surface area (Å²) in [5.74, 6) is -4.40. The molecule has 3 aromatic rings. The third-order valence-electron chi connectivity index (χ3n) is 3.62. The number of rotatable bonds is 3. The van der Waals surface area contributed by atoms with E-state index in [4.69, 9.17) is 5.73 Å². The van der Waals surface area contributed by atoms with Crippen molar-refractivity contribution in [2.75, 3.05) is 5.73 Å². The lowest BCUT2D eigenvalue weighted by molar-refractivity contribution is -0.127. The van der Waals surface area contributed by atoms with Crippen LogP contribution in [-0.4, -0.2) is 25.3 Å². The number of nitrogens with zero attached hydrogens (tertiary/aromatic N) is 4. The number of nitrogens with two attached hydrogens (primary N) is 1. The summed E-state index contributed by atoms with van der Waals surface area (Å²) in [5, 5.41) is 3.88. The van der Waals surface area contributed by atoms with Crippen LogP contribution in [0.25, 0.3) is 16.9 Å². The molecule has 24 heavy (non-hydrogen) atoms. The first kappa shape index (κ1) is 16.2. The Kier molecular flexibility index (Phi) is 3.47. The van der Waals surface area contributed by atoms with Gasteiger partial charge in [0.05, 0.1) is 17.6 Å². The zero-order valence-corrected chi connectivity index (χ0v) is 12.8. The average molecular weight is 339 g/mol. The van der Waals surface area contributed by atoms with Crippen molar-refractivity contribution in [1.82, 2.24) is 19.6 Å². The van der Waals surface area contributed by atoms with Crippen molar-refractivity contribution in [3.05, 3.63) is 42.0 Å². The molecule has 0 aromatic carbocycles. The van der Waals surface area contributed by atoms with Crippen molar-refractivity contribution in [2.45, 2.75) is 25.4 Å².